The molecule has 88 valence electrons. The van der Waals surface area contributed by atoms with Crippen LogP contribution in [0.3, 0.4) is 0 Å². The first-order valence-electron chi connectivity index (χ1n) is 6.46. The Morgan fingerprint density at radius 3 is 2.65 bits per heavy atom. The molecule has 0 aliphatic heterocycles. The van der Waals surface area contributed by atoms with Gasteiger partial charge in [0.15, 0.2) is 0 Å². The molecule has 0 spiro atoms. The van der Waals surface area contributed by atoms with Crippen molar-refractivity contribution in [2.24, 2.45) is 0 Å². The van der Waals surface area contributed by atoms with E-state index in [1.54, 1.807) is 6.07 Å². The molecule has 2 nitrogen and oxygen atoms in total. The van der Waals surface area contributed by atoms with Gasteiger partial charge in [0.05, 0.1) is 0 Å². The van der Waals surface area contributed by atoms with E-state index in [2.05, 4.69) is 11.1 Å². The summed E-state index contributed by atoms with van der Waals surface area (Å²) in [5, 5.41) is 2.29. The summed E-state index contributed by atoms with van der Waals surface area (Å²) in [6.07, 6.45) is 6.34. The Labute approximate surface area is 101 Å². The van der Waals surface area contributed by atoms with Crippen LogP contribution in [0.5, 0.6) is 0 Å². The monoisotopic (exact) mass is 227 g/mol. The lowest BCUT2D eigenvalue weighted by molar-refractivity contribution is 0.438. The van der Waals surface area contributed by atoms with Crippen molar-refractivity contribution in [2.45, 2.75) is 38.0 Å². The minimum atomic E-state index is 0.0317. The largest absolute Gasteiger partial charge is 0.325 e. The van der Waals surface area contributed by atoms with Gasteiger partial charge in [0.25, 0.3) is 0 Å². The molecule has 0 atom stereocenters. The summed E-state index contributed by atoms with van der Waals surface area (Å²) >= 11 is 0. The van der Waals surface area contributed by atoms with Gasteiger partial charge in [0, 0.05) is 17.1 Å². The van der Waals surface area contributed by atoms with Crippen LogP contribution in [0.2, 0.25) is 0 Å². The SMILES string of the molecule is O=c1cc2ccccc2c(C2CCCCC2)[nH]1. The smallest absolute Gasteiger partial charge is 0.248 e. The van der Waals surface area contributed by atoms with E-state index in [0.29, 0.717) is 5.92 Å². The van der Waals surface area contributed by atoms with Gasteiger partial charge < -0.3 is 4.98 Å². The summed E-state index contributed by atoms with van der Waals surface area (Å²) < 4.78 is 0. The molecule has 1 N–H and O–H groups in total. The topological polar surface area (TPSA) is 32.9 Å². The highest BCUT2D eigenvalue weighted by Gasteiger charge is 2.18. The number of benzene rings is 1. The molecule has 1 heterocycles. The number of fused-ring (bicyclic) bond motifs is 1. The van der Waals surface area contributed by atoms with Crippen LogP contribution >= 0.6 is 0 Å². The summed E-state index contributed by atoms with van der Waals surface area (Å²) in [7, 11) is 0. The lowest BCUT2D eigenvalue weighted by Crippen LogP contribution is -2.13. The Hall–Kier alpha value is -1.57. The highest BCUT2D eigenvalue weighted by Crippen LogP contribution is 2.34. The van der Waals surface area contributed by atoms with Crippen molar-refractivity contribution in [1.29, 1.82) is 0 Å². The molecule has 1 fully saturated rings. The van der Waals surface area contributed by atoms with Crippen molar-refractivity contribution in [3.8, 4) is 0 Å². The Balaban J connectivity index is 2.16. The van der Waals surface area contributed by atoms with Crippen LogP contribution < -0.4 is 5.56 Å². The summed E-state index contributed by atoms with van der Waals surface area (Å²) in [5.41, 5.74) is 1.19. The van der Waals surface area contributed by atoms with Gasteiger partial charge in [0.2, 0.25) is 5.56 Å². The molecule has 0 radical (unpaired) electrons. The minimum absolute atomic E-state index is 0.0317. The highest BCUT2D eigenvalue weighted by molar-refractivity contribution is 5.84. The van der Waals surface area contributed by atoms with Crippen LogP contribution in [0.15, 0.2) is 35.1 Å². The van der Waals surface area contributed by atoms with Crippen molar-refractivity contribution in [3.63, 3.8) is 0 Å². The summed E-state index contributed by atoms with van der Waals surface area (Å²) in [6.45, 7) is 0. The lowest BCUT2D eigenvalue weighted by Gasteiger charge is -2.22. The van der Waals surface area contributed by atoms with E-state index >= 15 is 0 Å². The highest BCUT2D eigenvalue weighted by atomic mass is 16.1. The average Bonchev–Trinajstić information content (AvgIpc) is 2.39. The summed E-state index contributed by atoms with van der Waals surface area (Å²) in [4.78, 5) is 14.8. The van der Waals surface area contributed by atoms with Gasteiger partial charge in [-0.3, -0.25) is 4.79 Å². The number of hydrogen-bond acceptors (Lipinski definition) is 1. The second kappa shape index (κ2) is 4.36. The zero-order valence-corrected chi connectivity index (χ0v) is 9.91. The van der Waals surface area contributed by atoms with Crippen LogP contribution in [0.1, 0.15) is 43.7 Å². The van der Waals surface area contributed by atoms with E-state index in [1.165, 1.54) is 37.5 Å². The fourth-order valence-electron chi connectivity index (χ4n) is 2.96. The molecule has 0 unspecified atom stereocenters. The normalized spacial score (nSPS) is 17.4. The van der Waals surface area contributed by atoms with Crippen molar-refractivity contribution in [1.82, 2.24) is 4.98 Å². The van der Waals surface area contributed by atoms with Gasteiger partial charge in [-0.2, -0.15) is 0 Å². The zero-order valence-electron chi connectivity index (χ0n) is 9.91. The molecule has 0 amide bonds. The average molecular weight is 227 g/mol. The van der Waals surface area contributed by atoms with Crippen molar-refractivity contribution >= 4 is 10.8 Å². The molecule has 1 saturated carbocycles. The minimum Gasteiger partial charge on any atom is -0.325 e. The lowest BCUT2D eigenvalue weighted by atomic mass is 9.85. The molecule has 3 rings (SSSR count). The number of rotatable bonds is 1. The number of aromatic nitrogens is 1. The second-order valence-electron chi connectivity index (χ2n) is 4.97. The predicted octanol–water partition coefficient (Wildman–Crippen LogP) is 3.58. The molecule has 1 aromatic heterocycles. The van der Waals surface area contributed by atoms with Crippen molar-refractivity contribution in [2.75, 3.05) is 0 Å². The van der Waals surface area contributed by atoms with Gasteiger partial charge in [-0.15, -0.1) is 0 Å². The van der Waals surface area contributed by atoms with Gasteiger partial charge in [-0.25, -0.2) is 0 Å². The Morgan fingerprint density at radius 1 is 1.06 bits per heavy atom. The number of hydrogen-bond donors (Lipinski definition) is 1. The van der Waals surface area contributed by atoms with Crippen LogP contribution in [0.4, 0.5) is 0 Å². The number of aromatic amines is 1. The van der Waals surface area contributed by atoms with Gasteiger partial charge in [-0.1, -0.05) is 43.5 Å². The van der Waals surface area contributed by atoms with Crippen molar-refractivity contribution in [3.05, 3.63) is 46.4 Å². The maximum absolute atomic E-state index is 11.7. The number of nitrogens with one attached hydrogen (secondary N) is 1. The first kappa shape index (κ1) is 10.6. The molecule has 1 aromatic carbocycles. The molecule has 1 aliphatic rings. The Kier molecular flexibility index (Phi) is 2.71. The molecule has 0 saturated heterocycles. The third-order valence-electron chi connectivity index (χ3n) is 3.81. The van der Waals surface area contributed by atoms with E-state index in [-0.39, 0.29) is 5.56 Å². The number of pyridine rings is 1. The van der Waals surface area contributed by atoms with Gasteiger partial charge >= 0.3 is 0 Å². The summed E-state index contributed by atoms with van der Waals surface area (Å²) in [5.74, 6) is 0.544. The third-order valence-corrected chi connectivity index (χ3v) is 3.81. The van der Waals surface area contributed by atoms with E-state index in [0.717, 1.165) is 11.1 Å². The van der Waals surface area contributed by atoms with E-state index in [9.17, 15) is 4.79 Å². The molecule has 2 aromatic rings. The van der Waals surface area contributed by atoms with Crippen LogP contribution in [-0.4, -0.2) is 4.98 Å². The predicted molar refractivity (Wildman–Crippen MR) is 70.4 cm³/mol. The second-order valence-corrected chi connectivity index (χ2v) is 4.97. The van der Waals surface area contributed by atoms with Gasteiger partial charge in [0.1, 0.15) is 0 Å². The Bertz CT molecular complexity index is 579. The number of H-pyrrole nitrogens is 1. The fourth-order valence-corrected chi connectivity index (χ4v) is 2.96. The maximum Gasteiger partial charge on any atom is 0.248 e. The fraction of sp³-hybridized carbons (Fsp3) is 0.400. The first-order valence-corrected chi connectivity index (χ1v) is 6.46. The first-order chi connectivity index (χ1) is 8.34. The standard InChI is InChI=1S/C15H17NO/c17-14-10-12-8-4-5-9-13(12)15(16-14)11-6-2-1-3-7-11/h4-5,8-11H,1-3,6-7H2,(H,16,17). The summed E-state index contributed by atoms with van der Waals surface area (Å²) in [6, 6.07) is 9.88. The molecule has 0 bridgehead atoms. The molecule has 1 aliphatic carbocycles. The van der Waals surface area contributed by atoms with E-state index in [4.69, 9.17) is 0 Å². The molecule has 17 heavy (non-hydrogen) atoms. The molecular weight excluding hydrogens is 210 g/mol. The van der Waals surface area contributed by atoms with Crippen LogP contribution in [0, 0.1) is 0 Å². The zero-order chi connectivity index (χ0) is 11.7. The van der Waals surface area contributed by atoms with Gasteiger partial charge in [-0.05, 0) is 24.1 Å². The van der Waals surface area contributed by atoms with E-state index in [1.807, 2.05) is 18.2 Å². The molecule has 2 heteroatoms. The molecular formula is C15H17NO. The Morgan fingerprint density at radius 2 is 1.82 bits per heavy atom. The quantitative estimate of drug-likeness (QED) is 0.793. The third kappa shape index (κ3) is 1.99. The van der Waals surface area contributed by atoms with Crippen LogP contribution in [0.25, 0.3) is 10.8 Å². The maximum atomic E-state index is 11.7. The van der Waals surface area contributed by atoms with Crippen LogP contribution in [-0.2, 0) is 0 Å². The van der Waals surface area contributed by atoms with E-state index < -0.39 is 0 Å². The van der Waals surface area contributed by atoms with Crippen molar-refractivity contribution < 1.29 is 0 Å².